The second kappa shape index (κ2) is 7.36. The van der Waals surface area contributed by atoms with Gasteiger partial charge in [0, 0.05) is 16.7 Å². The van der Waals surface area contributed by atoms with E-state index in [0.717, 1.165) is 5.57 Å². The third-order valence-corrected chi connectivity index (χ3v) is 9.05. The molecule has 0 bridgehead atoms. The number of Topliss-reactive ketones (excluding diaryl/α,β-unsaturated/α-hetero) is 1. The van der Waals surface area contributed by atoms with Gasteiger partial charge in [-0.15, -0.1) is 0 Å². The van der Waals surface area contributed by atoms with E-state index in [9.17, 15) is 29.7 Å². The number of aliphatic hydroxyl groups excluding tert-OH is 2. The standard InChI is InChI=1S/C24H32O7/c1-22-6-4-14(26)10-17(22)13(9-20(29)31-3)8-15-16-5-7-24(30,19(28)12-25)23(16,2)11-18(27)21(15)22/h4,6,10,13,15-16,18,21,25,27,30H,5,7-9,11-12H2,1-3H3/t13-,15-,16-,18-,21+,22-,23-,24-/m0/s1. The summed E-state index contributed by atoms with van der Waals surface area (Å²) >= 11 is 0. The van der Waals surface area contributed by atoms with Crippen LogP contribution in [0.4, 0.5) is 0 Å². The molecule has 0 amide bonds. The van der Waals surface area contributed by atoms with E-state index < -0.39 is 34.9 Å². The minimum atomic E-state index is -1.67. The zero-order chi connectivity index (χ0) is 22.8. The zero-order valence-electron chi connectivity index (χ0n) is 18.3. The molecule has 170 valence electrons. The van der Waals surface area contributed by atoms with Gasteiger partial charge in [0.05, 0.1) is 19.6 Å². The molecule has 8 atom stereocenters. The van der Waals surface area contributed by atoms with Crippen LogP contribution in [-0.4, -0.2) is 58.3 Å². The molecule has 0 aromatic rings. The van der Waals surface area contributed by atoms with Gasteiger partial charge < -0.3 is 20.1 Å². The van der Waals surface area contributed by atoms with Gasteiger partial charge in [-0.25, -0.2) is 0 Å². The largest absolute Gasteiger partial charge is 0.469 e. The fourth-order valence-corrected chi connectivity index (χ4v) is 7.63. The normalized spacial score (nSPS) is 45.9. The Labute approximate surface area is 182 Å². The Hall–Kier alpha value is -1.83. The summed E-state index contributed by atoms with van der Waals surface area (Å²) in [5.74, 6) is -1.59. The van der Waals surface area contributed by atoms with Gasteiger partial charge in [0.1, 0.15) is 12.2 Å². The third-order valence-electron chi connectivity index (χ3n) is 9.05. The Morgan fingerprint density at radius 1 is 1.29 bits per heavy atom. The van der Waals surface area contributed by atoms with Crippen LogP contribution in [0.3, 0.4) is 0 Å². The lowest BCUT2D eigenvalue weighted by atomic mass is 9.44. The molecule has 3 fully saturated rings. The number of carbonyl (C=O) groups excluding carboxylic acids is 3. The molecule has 7 heteroatoms. The highest BCUT2D eigenvalue weighted by Gasteiger charge is 2.68. The number of ketones is 2. The summed E-state index contributed by atoms with van der Waals surface area (Å²) in [6, 6.07) is 0. The van der Waals surface area contributed by atoms with Crippen molar-refractivity contribution in [1.29, 1.82) is 0 Å². The molecule has 4 aliphatic carbocycles. The summed E-state index contributed by atoms with van der Waals surface area (Å²) in [5.41, 5.74) is -2.28. The van der Waals surface area contributed by atoms with Crippen molar-refractivity contribution in [3.63, 3.8) is 0 Å². The molecule has 31 heavy (non-hydrogen) atoms. The second-order valence-corrected chi connectivity index (χ2v) is 10.3. The molecule has 0 saturated heterocycles. The minimum Gasteiger partial charge on any atom is -0.469 e. The smallest absolute Gasteiger partial charge is 0.306 e. The van der Waals surface area contributed by atoms with E-state index in [1.54, 1.807) is 6.08 Å². The molecular weight excluding hydrogens is 400 g/mol. The summed E-state index contributed by atoms with van der Waals surface area (Å²) < 4.78 is 4.90. The summed E-state index contributed by atoms with van der Waals surface area (Å²) in [6.45, 7) is 3.12. The Balaban J connectivity index is 1.79. The quantitative estimate of drug-likeness (QED) is 0.573. The average molecular weight is 433 g/mol. The number of allylic oxidation sites excluding steroid dienone is 4. The highest BCUT2D eigenvalue weighted by atomic mass is 16.5. The number of rotatable bonds is 4. The van der Waals surface area contributed by atoms with E-state index in [4.69, 9.17) is 4.74 Å². The number of ether oxygens (including phenoxy) is 1. The summed E-state index contributed by atoms with van der Waals surface area (Å²) in [6.07, 6.45) is 6.00. The van der Waals surface area contributed by atoms with Crippen molar-refractivity contribution in [3.05, 3.63) is 23.8 Å². The van der Waals surface area contributed by atoms with Crippen LogP contribution in [0.25, 0.3) is 0 Å². The first kappa shape index (κ1) is 22.4. The van der Waals surface area contributed by atoms with Crippen LogP contribution in [0.5, 0.6) is 0 Å². The van der Waals surface area contributed by atoms with Crippen molar-refractivity contribution in [2.45, 2.75) is 57.7 Å². The number of esters is 1. The van der Waals surface area contributed by atoms with Crippen LogP contribution in [0, 0.1) is 34.5 Å². The van der Waals surface area contributed by atoms with E-state index >= 15 is 0 Å². The fourth-order valence-electron chi connectivity index (χ4n) is 7.63. The van der Waals surface area contributed by atoms with Crippen molar-refractivity contribution >= 4 is 17.5 Å². The number of hydrogen-bond acceptors (Lipinski definition) is 7. The lowest BCUT2D eigenvalue weighted by molar-refractivity contribution is -0.180. The predicted octanol–water partition coefficient (Wildman–Crippen LogP) is 1.35. The Morgan fingerprint density at radius 2 is 2.00 bits per heavy atom. The van der Waals surface area contributed by atoms with Gasteiger partial charge in [0.25, 0.3) is 0 Å². The van der Waals surface area contributed by atoms with E-state index in [0.29, 0.717) is 12.8 Å². The number of carbonyl (C=O) groups is 3. The van der Waals surface area contributed by atoms with E-state index in [1.165, 1.54) is 13.2 Å². The molecule has 0 heterocycles. The van der Waals surface area contributed by atoms with Crippen molar-refractivity contribution in [1.82, 2.24) is 0 Å². The van der Waals surface area contributed by atoms with Gasteiger partial charge in [-0.3, -0.25) is 14.4 Å². The van der Waals surface area contributed by atoms with Crippen LogP contribution >= 0.6 is 0 Å². The number of hydrogen-bond donors (Lipinski definition) is 3. The Morgan fingerprint density at radius 3 is 2.65 bits per heavy atom. The first-order chi connectivity index (χ1) is 14.5. The van der Waals surface area contributed by atoms with Gasteiger partial charge in [0.2, 0.25) is 0 Å². The van der Waals surface area contributed by atoms with E-state index in [2.05, 4.69) is 0 Å². The van der Waals surface area contributed by atoms with E-state index in [-0.39, 0.29) is 54.7 Å². The van der Waals surface area contributed by atoms with Gasteiger partial charge in [-0.05, 0) is 55.6 Å². The lowest BCUT2D eigenvalue weighted by Gasteiger charge is -2.61. The molecule has 7 nitrogen and oxygen atoms in total. The molecule has 4 rings (SSSR count). The molecule has 4 aliphatic rings. The Bertz CT molecular complexity index is 875. The summed E-state index contributed by atoms with van der Waals surface area (Å²) in [4.78, 5) is 36.9. The predicted molar refractivity (Wildman–Crippen MR) is 111 cm³/mol. The van der Waals surface area contributed by atoms with Crippen molar-refractivity contribution < 1.29 is 34.4 Å². The highest BCUT2D eigenvalue weighted by molar-refractivity contribution is 6.01. The van der Waals surface area contributed by atoms with Gasteiger partial charge in [0.15, 0.2) is 11.6 Å². The summed E-state index contributed by atoms with van der Waals surface area (Å²) in [5, 5.41) is 32.2. The van der Waals surface area contributed by atoms with Crippen LogP contribution < -0.4 is 0 Å². The molecular formula is C24H32O7. The van der Waals surface area contributed by atoms with Crippen LogP contribution in [0.1, 0.15) is 46.0 Å². The topological polar surface area (TPSA) is 121 Å². The minimum absolute atomic E-state index is 0.0500. The molecule has 3 saturated carbocycles. The molecule has 0 unspecified atom stereocenters. The second-order valence-electron chi connectivity index (χ2n) is 10.3. The fraction of sp³-hybridized carbons (Fsp3) is 0.708. The van der Waals surface area contributed by atoms with Crippen LogP contribution in [0.15, 0.2) is 23.8 Å². The van der Waals surface area contributed by atoms with Gasteiger partial charge in [-0.1, -0.05) is 25.5 Å². The summed E-state index contributed by atoms with van der Waals surface area (Å²) in [7, 11) is 1.34. The maximum atomic E-state index is 12.5. The average Bonchev–Trinajstić information content (AvgIpc) is 2.99. The van der Waals surface area contributed by atoms with E-state index in [1.807, 2.05) is 19.9 Å². The molecule has 0 aromatic heterocycles. The van der Waals surface area contributed by atoms with Crippen LogP contribution in [-0.2, 0) is 19.1 Å². The van der Waals surface area contributed by atoms with Crippen LogP contribution in [0.2, 0.25) is 0 Å². The molecule has 0 aromatic carbocycles. The monoisotopic (exact) mass is 432 g/mol. The first-order valence-electron chi connectivity index (χ1n) is 11.1. The molecule has 0 radical (unpaired) electrons. The number of methoxy groups -OCH3 is 1. The van der Waals surface area contributed by atoms with Gasteiger partial charge in [-0.2, -0.15) is 0 Å². The lowest BCUT2D eigenvalue weighted by Crippen LogP contribution is -2.62. The van der Waals surface area contributed by atoms with Crippen molar-refractivity contribution in [2.75, 3.05) is 13.7 Å². The highest BCUT2D eigenvalue weighted by Crippen LogP contribution is 2.68. The zero-order valence-corrected chi connectivity index (χ0v) is 18.3. The SMILES string of the molecule is COC(=O)C[C@@H]1C[C@@H]2[C@H]([C@@H](O)C[C@@]3(C)[C@H]2CC[C@]3(O)C(=O)CO)[C@@]2(C)C=CC(=O)C=C12. The van der Waals surface area contributed by atoms with Crippen molar-refractivity contribution in [2.24, 2.45) is 34.5 Å². The number of aliphatic hydroxyl groups is 3. The van der Waals surface area contributed by atoms with Gasteiger partial charge >= 0.3 is 5.97 Å². The number of fused-ring (bicyclic) bond motifs is 5. The Kier molecular flexibility index (Phi) is 5.31. The molecule has 3 N–H and O–H groups in total. The first-order valence-corrected chi connectivity index (χ1v) is 11.1. The van der Waals surface area contributed by atoms with Crippen molar-refractivity contribution in [3.8, 4) is 0 Å². The molecule has 0 spiro atoms. The molecule has 0 aliphatic heterocycles. The maximum absolute atomic E-state index is 12.5. The maximum Gasteiger partial charge on any atom is 0.306 e. The third kappa shape index (κ3) is 3.00.